The van der Waals surface area contributed by atoms with Crippen molar-refractivity contribution < 1.29 is 9.59 Å². The Balaban J connectivity index is 1.69. The largest absolute Gasteiger partial charge is 0.367 e. The van der Waals surface area contributed by atoms with Gasteiger partial charge in [0.2, 0.25) is 11.8 Å². The van der Waals surface area contributed by atoms with Crippen LogP contribution in [0.15, 0.2) is 30.3 Å². The molecule has 4 heteroatoms. The molecule has 2 bridgehead atoms. The minimum absolute atomic E-state index is 0.0669. The lowest BCUT2D eigenvalue weighted by atomic mass is 9.85. The maximum absolute atomic E-state index is 12.4. The van der Waals surface area contributed by atoms with Crippen LogP contribution in [-0.4, -0.2) is 11.8 Å². The molecular weight excluding hydrogens is 276 g/mol. The fraction of sp³-hybridized carbons (Fsp3) is 0.556. The summed E-state index contributed by atoms with van der Waals surface area (Å²) in [4.78, 5) is 24.4. The van der Waals surface area contributed by atoms with E-state index >= 15 is 0 Å². The van der Waals surface area contributed by atoms with E-state index in [0.717, 1.165) is 17.9 Å². The van der Waals surface area contributed by atoms with Crippen molar-refractivity contribution in [2.75, 3.05) is 0 Å². The number of rotatable bonds is 5. The lowest BCUT2D eigenvalue weighted by molar-refractivity contribution is -0.132. The van der Waals surface area contributed by atoms with Crippen molar-refractivity contribution in [2.24, 2.45) is 23.5 Å². The number of carbonyl (C=O) groups excluding carboxylic acids is 2. The second kappa shape index (κ2) is 5.75. The van der Waals surface area contributed by atoms with Crippen LogP contribution in [0.2, 0.25) is 0 Å². The Kier molecular flexibility index (Phi) is 3.94. The van der Waals surface area contributed by atoms with Gasteiger partial charge in [0.25, 0.3) is 0 Å². The van der Waals surface area contributed by atoms with Crippen molar-refractivity contribution in [3.63, 3.8) is 0 Å². The van der Waals surface area contributed by atoms with Gasteiger partial charge in [-0.2, -0.15) is 0 Å². The third-order valence-electron chi connectivity index (χ3n) is 5.57. The molecule has 2 amide bonds. The molecule has 0 spiro atoms. The van der Waals surface area contributed by atoms with E-state index in [1.807, 2.05) is 30.3 Å². The normalized spacial score (nSPS) is 29.0. The number of benzene rings is 1. The van der Waals surface area contributed by atoms with Crippen molar-refractivity contribution in [2.45, 2.75) is 44.6 Å². The molecule has 1 aromatic rings. The van der Waals surface area contributed by atoms with E-state index in [1.54, 1.807) is 6.92 Å². The van der Waals surface area contributed by atoms with Gasteiger partial charge in [-0.25, -0.2) is 0 Å². The van der Waals surface area contributed by atoms with E-state index in [0.29, 0.717) is 18.3 Å². The Bertz CT molecular complexity index is 572. The number of fused-ring (bicyclic) bond motifs is 2. The molecule has 2 aliphatic rings. The Labute approximate surface area is 131 Å². The molecule has 2 fully saturated rings. The van der Waals surface area contributed by atoms with Gasteiger partial charge in [-0.1, -0.05) is 36.8 Å². The van der Waals surface area contributed by atoms with Crippen molar-refractivity contribution in [1.29, 1.82) is 0 Å². The summed E-state index contributed by atoms with van der Waals surface area (Å²) in [6.45, 7) is 1.68. The van der Waals surface area contributed by atoms with Crippen LogP contribution in [0.25, 0.3) is 0 Å². The van der Waals surface area contributed by atoms with Crippen LogP contribution in [-0.2, 0) is 15.1 Å². The Morgan fingerprint density at radius 1 is 1.23 bits per heavy atom. The number of hydrogen-bond donors (Lipinski definition) is 2. The zero-order valence-corrected chi connectivity index (χ0v) is 13.0. The molecule has 0 unspecified atom stereocenters. The highest BCUT2D eigenvalue weighted by Gasteiger charge is 2.41. The summed E-state index contributed by atoms with van der Waals surface area (Å²) in [6, 6.07) is 9.21. The molecule has 4 atom stereocenters. The van der Waals surface area contributed by atoms with E-state index in [4.69, 9.17) is 5.73 Å². The molecule has 0 radical (unpaired) electrons. The second-order valence-corrected chi connectivity index (χ2v) is 7.04. The van der Waals surface area contributed by atoms with Gasteiger partial charge in [0, 0.05) is 6.42 Å². The average Bonchev–Trinajstić information content (AvgIpc) is 3.10. The first kappa shape index (κ1) is 15.1. The summed E-state index contributed by atoms with van der Waals surface area (Å²) < 4.78 is 0. The molecule has 1 aromatic carbocycles. The first-order chi connectivity index (χ1) is 10.5. The summed E-state index contributed by atoms with van der Waals surface area (Å²) in [5, 5.41) is 2.88. The van der Waals surface area contributed by atoms with Crippen molar-refractivity contribution in [3.05, 3.63) is 35.9 Å². The van der Waals surface area contributed by atoms with Crippen LogP contribution in [0, 0.1) is 17.8 Å². The van der Waals surface area contributed by atoms with Crippen LogP contribution < -0.4 is 11.1 Å². The van der Waals surface area contributed by atoms with Crippen molar-refractivity contribution in [1.82, 2.24) is 5.32 Å². The van der Waals surface area contributed by atoms with E-state index in [-0.39, 0.29) is 5.91 Å². The average molecular weight is 300 g/mol. The lowest BCUT2D eigenvalue weighted by Crippen LogP contribution is -2.53. The molecule has 4 nitrogen and oxygen atoms in total. The molecule has 0 heterocycles. The van der Waals surface area contributed by atoms with Gasteiger partial charge in [-0.15, -0.1) is 0 Å². The molecule has 3 rings (SSSR count). The quantitative estimate of drug-likeness (QED) is 0.876. The van der Waals surface area contributed by atoms with Gasteiger partial charge in [0.05, 0.1) is 0 Å². The van der Waals surface area contributed by atoms with Gasteiger partial charge in [-0.05, 0) is 49.5 Å². The summed E-state index contributed by atoms with van der Waals surface area (Å²) in [5.74, 6) is 1.40. The highest BCUT2D eigenvalue weighted by atomic mass is 16.2. The predicted octanol–water partition coefficient (Wildman–Crippen LogP) is 2.33. The number of nitrogens with one attached hydrogen (secondary N) is 1. The monoisotopic (exact) mass is 300 g/mol. The van der Waals surface area contributed by atoms with Crippen LogP contribution in [0.5, 0.6) is 0 Å². The highest BCUT2D eigenvalue weighted by Crippen LogP contribution is 2.49. The van der Waals surface area contributed by atoms with Crippen LogP contribution in [0.3, 0.4) is 0 Å². The summed E-state index contributed by atoms with van der Waals surface area (Å²) in [7, 11) is 0. The highest BCUT2D eigenvalue weighted by molar-refractivity contribution is 5.91. The second-order valence-electron chi connectivity index (χ2n) is 7.04. The summed E-state index contributed by atoms with van der Waals surface area (Å²) >= 11 is 0. The van der Waals surface area contributed by atoms with E-state index in [2.05, 4.69) is 5.32 Å². The fourth-order valence-electron chi connectivity index (χ4n) is 4.24. The maximum atomic E-state index is 12.4. The van der Waals surface area contributed by atoms with Crippen molar-refractivity contribution >= 4 is 11.8 Å². The van der Waals surface area contributed by atoms with E-state index < -0.39 is 11.4 Å². The Hall–Kier alpha value is -1.84. The van der Waals surface area contributed by atoms with Crippen molar-refractivity contribution in [3.8, 4) is 0 Å². The number of nitrogens with two attached hydrogens (primary N) is 1. The van der Waals surface area contributed by atoms with E-state index in [1.165, 1.54) is 19.3 Å². The van der Waals surface area contributed by atoms with Crippen LogP contribution in [0.1, 0.15) is 44.6 Å². The molecule has 0 aliphatic heterocycles. The van der Waals surface area contributed by atoms with Gasteiger partial charge in [-0.3, -0.25) is 9.59 Å². The van der Waals surface area contributed by atoms with Crippen LogP contribution in [0.4, 0.5) is 0 Å². The molecule has 118 valence electrons. The predicted molar refractivity (Wildman–Crippen MR) is 84.7 cm³/mol. The smallest absolute Gasteiger partial charge is 0.247 e. The van der Waals surface area contributed by atoms with Gasteiger partial charge < -0.3 is 11.1 Å². The van der Waals surface area contributed by atoms with Gasteiger partial charge >= 0.3 is 0 Å². The van der Waals surface area contributed by atoms with E-state index in [9.17, 15) is 9.59 Å². The molecule has 2 aliphatic carbocycles. The molecule has 2 saturated carbocycles. The van der Waals surface area contributed by atoms with Gasteiger partial charge in [0.15, 0.2) is 0 Å². The summed E-state index contributed by atoms with van der Waals surface area (Å²) in [5.41, 5.74) is 5.15. The third-order valence-corrected chi connectivity index (χ3v) is 5.57. The standard InChI is InChI=1S/C18H24N2O2/c1-18(17(19)22,15-5-3-2-4-6-15)20-16(21)11-14-10-12-7-8-13(14)9-12/h2-6,12-14H,7-11H2,1H3,(H2,19,22)(H,20,21)/t12-,13-,14+,18+/m0/s1. The van der Waals surface area contributed by atoms with Gasteiger partial charge in [0.1, 0.15) is 5.54 Å². The topological polar surface area (TPSA) is 72.2 Å². The first-order valence-corrected chi connectivity index (χ1v) is 8.15. The number of hydrogen-bond acceptors (Lipinski definition) is 2. The molecule has 0 aromatic heterocycles. The number of primary amides is 1. The maximum Gasteiger partial charge on any atom is 0.247 e. The summed E-state index contributed by atoms with van der Waals surface area (Å²) in [6.07, 6.45) is 5.54. The minimum atomic E-state index is -1.14. The number of amides is 2. The fourth-order valence-corrected chi connectivity index (χ4v) is 4.24. The molecule has 3 N–H and O–H groups in total. The Morgan fingerprint density at radius 2 is 1.95 bits per heavy atom. The molecule has 0 saturated heterocycles. The zero-order chi connectivity index (χ0) is 15.7. The number of carbonyl (C=O) groups is 2. The minimum Gasteiger partial charge on any atom is -0.367 e. The van der Waals surface area contributed by atoms with Crippen LogP contribution >= 0.6 is 0 Å². The lowest BCUT2D eigenvalue weighted by Gasteiger charge is -2.29. The molecule has 22 heavy (non-hydrogen) atoms. The first-order valence-electron chi connectivity index (χ1n) is 8.15. The third kappa shape index (κ3) is 2.74. The zero-order valence-electron chi connectivity index (χ0n) is 13.0. The Morgan fingerprint density at radius 3 is 2.50 bits per heavy atom. The SMILES string of the molecule is C[C@](NC(=O)C[C@H]1C[C@H]2CC[C@H]1C2)(C(N)=O)c1ccccc1. The molecular formula is C18H24N2O2.